The maximum Gasteiger partial charge on any atom is 0.127 e. The summed E-state index contributed by atoms with van der Waals surface area (Å²) in [5, 5.41) is 3.39. The fourth-order valence-electron chi connectivity index (χ4n) is 2.30. The summed E-state index contributed by atoms with van der Waals surface area (Å²) in [7, 11) is 0. The standard InChI is InChI=1S/C11H13NO/c1-2-4-10-8(3-1)9-7-12-6-5-11(9)13-10/h1-4,8,10,12H,5-7H2. The van der Waals surface area contributed by atoms with E-state index in [1.54, 1.807) is 0 Å². The molecule has 2 unspecified atom stereocenters. The molecule has 0 bridgehead atoms. The number of hydrogen-bond donors (Lipinski definition) is 1. The number of fused-ring (bicyclic) bond motifs is 2. The Morgan fingerprint density at radius 1 is 1.31 bits per heavy atom. The summed E-state index contributed by atoms with van der Waals surface area (Å²) < 4.78 is 5.87. The molecule has 0 fully saturated rings. The molecule has 2 aliphatic heterocycles. The Morgan fingerprint density at radius 2 is 2.23 bits per heavy atom. The van der Waals surface area contributed by atoms with Crippen LogP contribution in [0, 0.1) is 5.92 Å². The zero-order valence-electron chi connectivity index (χ0n) is 7.49. The minimum Gasteiger partial charge on any atom is -0.490 e. The van der Waals surface area contributed by atoms with Crippen LogP contribution in [-0.4, -0.2) is 19.2 Å². The molecule has 0 radical (unpaired) electrons. The Hall–Kier alpha value is -1.02. The van der Waals surface area contributed by atoms with Gasteiger partial charge in [0.2, 0.25) is 0 Å². The summed E-state index contributed by atoms with van der Waals surface area (Å²) in [6, 6.07) is 0. The number of allylic oxidation sites excluding steroid dienone is 2. The smallest absolute Gasteiger partial charge is 0.127 e. The van der Waals surface area contributed by atoms with Crippen molar-refractivity contribution >= 4 is 0 Å². The Balaban J connectivity index is 1.95. The Kier molecular flexibility index (Phi) is 1.56. The minimum absolute atomic E-state index is 0.287. The quantitative estimate of drug-likeness (QED) is 0.600. The molecule has 13 heavy (non-hydrogen) atoms. The van der Waals surface area contributed by atoms with Gasteiger partial charge >= 0.3 is 0 Å². The Labute approximate surface area is 78.0 Å². The monoisotopic (exact) mass is 175 g/mol. The van der Waals surface area contributed by atoms with Crippen LogP contribution in [0.2, 0.25) is 0 Å². The van der Waals surface area contributed by atoms with Gasteiger partial charge in [-0.1, -0.05) is 18.2 Å². The van der Waals surface area contributed by atoms with E-state index in [4.69, 9.17) is 4.74 Å². The van der Waals surface area contributed by atoms with Crippen molar-refractivity contribution in [1.29, 1.82) is 0 Å². The molecule has 2 heterocycles. The molecular formula is C11H13NO. The van der Waals surface area contributed by atoms with Crippen molar-refractivity contribution in [3.05, 3.63) is 35.6 Å². The van der Waals surface area contributed by atoms with E-state index in [1.807, 2.05) is 0 Å². The van der Waals surface area contributed by atoms with Gasteiger partial charge in [-0.05, 0) is 11.6 Å². The van der Waals surface area contributed by atoms with E-state index < -0.39 is 0 Å². The topological polar surface area (TPSA) is 21.3 Å². The number of rotatable bonds is 0. The third kappa shape index (κ3) is 1.05. The largest absolute Gasteiger partial charge is 0.490 e. The van der Waals surface area contributed by atoms with Gasteiger partial charge in [-0.15, -0.1) is 0 Å². The molecular weight excluding hydrogens is 162 g/mol. The molecule has 3 aliphatic rings. The first-order valence-corrected chi connectivity index (χ1v) is 4.89. The van der Waals surface area contributed by atoms with Gasteiger partial charge in [-0.2, -0.15) is 0 Å². The third-order valence-corrected chi connectivity index (χ3v) is 2.97. The van der Waals surface area contributed by atoms with Crippen LogP contribution in [0.5, 0.6) is 0 Å². The highest BCUT2D eigenvalue weighted by Crippen LogP contribution is 2.36. The molecule has 2 nitrogen and oxygen atoms in total. The van der Waals surface area contributed by atoms with Gasteiger partial charge in [0.25, 0.3) is 0 Å². The fourth-order valence-corrected chi connectivity index (χ4v) is 2.30. The van der Waals surface area contributed by atoms with Crippen LogP contribution >= 0.6 is 0 Å². The minimum atomic E-state index is 0.287. The number of nitrogens with one attached hydrogen (secondary N) is 1. The van der Waals surface area contributed by atoms with Crippen molar-refractivity contribution in [3.8, 4) is 0 Å². The first-order chi connectivity index (χ1) is 6.45. The molecule has 68 valence electrons. The number of ether oxygens (including phenoxy) is 1. The first-order valence-electron chi connectivity index (χ1n) is 4.89. The van der Waals surface area contributed by atoms with Gasteiger partial charge in [0.15, 0.2) is 0 Å². The lowest BCUT2D eigenvalue weighted by Crippen LogP contribution is -2.26. The van der Waals surface area contributed by atoms with Crippen molar-refractivity contribution in [2.75, 3.05) is 13.1 Å². The van der Waals surface area contributed by atoms with E-state index in [0.717, 1.165) is 19.5 Å². The Bertz CT molecular complexity index is 314. The van der Waals surface area contributed by atoms with Crippen LogP contribution in [-0.2, 0) is 4.74 Å². The van der Waals surface area contributed by atoms with Crippen LogP contribution in [0.15, 0.2) is 35.6 Å². The average Bonchev–Trinajstić information content (AvgIpc) is 2.56. The molecule has 1 aliphatic carbocycles. The second-order valence-electron chi connectivity index (χ2n) is 3.75. The third-order valence-electron chi connectivity index (χ3n) is 2.97. The fraction of sp³-hybridized carbons (Fsp3) is 0.455. The second-order valence-corrected chi connectivity index (χ2v) is 3.75. The average molecular weight is 175 g/mol. The molecule has 0 aromatic rings. The van der Waals surface area contributed by atoms with E-state index in [1.165, 1.54) is 11.3 Å². The lowest BCUT2D eigenvalue weighted by atomic mass is 9.90. The lowest BCUT2D eigenvalue weighted by molar-refractivity contribution is 0.158. The van der Waals surface area contributed by atoms with Gasteiger partial charge in [-0.3, -0.25) is 0 Å². The first kappa shape index (κ1) is 7.39. The molecule has 2 atom stereocenters. The van der Waals surface area contributed by atoms with Crippen molar-refractivity contribution < 1.29 is 4.74 Å². The summed E-state index contributed by atoms with van der Waals surface area (Å²) in [4.78, 5) is 0. The van der Waals surface area contributed by atoms with Gasteiger partial charge in [0.05, 0.1) is 5.76 Å². The van der Waals surface area contributed by atoms with E-state index in [9.17, 15) is 0 Å². The van der Waals surface area contributed by atoms with Crippen LogP contribution in [0.25, 0.3) is 0 Å². The predicted molar refractivity (Wildman–Crippen MR) is 51.2 cm³/mol. The molecule has 0 saturated carbocycles. The summed E-state index contributed by atoms with van der Waals surface area (Å²) in [6.07, 6.45) is 9.95. The second kappa shape index (κ2) is 2.74. The molecule has 0 aromatic carbocycles. The molecule has 3 rings (SSSR count). The van der Waals surface area contributed by atoms with Crippen LogP contribution in [0.1, 0.15) is 6.42 Å². The van der Waals surface area contributed by atoms with Crippen molar-refractivity contribution in [3.63, 3.8) is 0 Å². The molecule has 1 N–H and O–H groups in total. The van der Waals surface area contributed by atoms with Gasteiger partial charge in [0.1, 0.15) is 6.10 Å². The van der Waals surface area contributed by atoms with E-state index in [-0.39, 0.29) is 6.10 Å². The number of hydrogen-bond acceptors (Lipinski definition) is 2. The highest BCUT2D eigenvalue weighted by Gasteiger charge is 2.34. The van der Waals surface area contributed by atoms with Crippen molar-refractivity contribution in [2.45, 2.75) is 12.5 Å². The SMILES string of the molecule is C1=CC2OC3=C(CNCC3)C2C=C1. The lowest BCUT2D eigenvalue weighted by Gasteiger charge is -2.17. The molecule has 0 aromatic heterocycles. The highest BCUT2D eigenvalue weighted by molar-refractivity contribution is 5.33. The maximum atomic E-state index is 5.87. The van der Waals surface area contributed by atoms with Gasteiger partial charge < -0.3 is 10.1 Å². The zero-order chi connectivity index (χ0) is 8.67. The van der Waals surface area contributed by atoms with E-state index >= 15 is 0 Å². The van der Waals surface area contributed by atoms with Crippen molar-refractivity contribution in [2.24, 2.45) is 5.92 Å². The zero-order valence-corrected chi connectivity index (χ0v) is 7.49. The predicted octanol–water partition coefficient (Wildman–Crippen LogP) is 1.37. The van der Waals surface area contributed by atoms with E-state index in [0.29, 0.717) is 5.92 Å². The van der Waals surface area contributed by atoms with Crippen LogP contribution in [0.3, 0.4) is 0 Å². The molecule has 0 saturated heterocycles. The van der Waals surface area contributed by atoms with E-state index in [2.05, 4.69) is 29.6 Å². The van der Waals surface area contributed by atoms with Crippen LogP contribution in [0.4, 0.5) is 0 Å². The highest BCUT2D eigenvalue weighted by atomic mass is 16.5. The summed E-state index contributed by atoms with van der Waals surface area (Å²) in [5.41, 5.74) is 1.47. The molecule has 0 spiro atoms. The van der Waals surface area contributed by atoms with Gasteiger partial charge in [0, 0.05) is 25.4 Å². The summed E-state index contributed by atoms with van der Waals surface area (Å²) >= 11 is 0. The summed E-state index contributed by atoms with van der Waals surface area (Å²) in [6.45, 7) is 2.07. The normalized spacial score (nSPS) is 35.7. The van der Waals surface area contributed by atoms with Crippen LogP contribution < -0.4 is 5.32 Å². The maximum absolute atomic E-state index is 5.87. The summed E-state index contributed by atoms with van der Waals surface area (Å²) in [5.74, 6) is 1.75. The Morgan fingerprint density at radius 3 is 3.23 bits per heavy atom. The molecule has 2 heteroatoms. The van der Waals surface area contributed by atoms with Crippen molar-refractivity contribution in [1.82, 2.24) is 5.32 Å². The van der Waals surface area contributed by atoms with Gasteiger partial charge in [-0.25, -0.2) is 0 Å². The molecule has 0 amide bonds.